The molecular weight excluding hydrogens is 286 g/mol. The van der Waals surface area contributed by atoms with Crippen molar-refractivity contribution in [2.45, 2.75) is 12.8 Å². The highest BCUT2D eigenvalue weighted by Crippen LogP contribution is 2.37. The number of benzene rings is 1. The van der Waals surface area contributed by atoms with Crippen molar-refractivity contribution in [1.82, 2.24) is 0 Å². The second-order valence-electron chi connectivity index (χ2n) is 5.09. The average molecular weight is 303 g/mol. The molecule has 3 rings (SSSR count). The zero-order valence-corrected chi connectivity index (χ0v) is 12.7. The number of hydrogen-bond acceptors (Lipinski definition) is 6. The maximum absolute atomic E-state index is 11.9. The summed E-state index contributed by atoms with van der Waals surface area (Å²) in [5.74, 6) is 2.05. The molecule has 0 atom stereocenters. The van der Waals surface area contributed by atoms with Gasteiger partial charge < -0.3 is 18.9 Å². The van der Waals surface area contributed by atoms with Crippen LogP contribution in [-0.2, 0) is 9.53 Å². The highest BCUT2D eigenvalue weighted by molar-refractivity contribution is 6.08. The second kappa shape index (κ2) is 5.71. The smallest absolute Gasteiger partial charge is 0.363 e. The van der Waals surface area contributed by atoms with Crippen molar-refractivity contribution in [3.63, 3.8) is 0 Å². The van der Waals surface area contributed by atoms with Gasteiger partial charge in [-0.05, 0) is 25.0 Å². The molecule has 1 saturated carbocycles. The zero-order valence-electron chi connectivity index (χ0n) is 12.7. The molecule has 1 aromatic rings. The Hall–Kier alpha value is -2.50. The molecule has 6 nitrogen and oxygen atoms in total. The van der Waals surface area contributed by atoms with Crippen molar-refractivity contribution in [1.29, 1.82) is 0 Å². The van der Waals surface area contributed by atoms with Crippen LogP contribution in [0.4, 0.5) is 0 Å². The maximum Gasteiger partial charge on any atom is 0.363 e. The lowest BCUT2D eigenvalue weighted by atomic mass is 10.1. The summed E-state index contributed by atoms with van der Waals surface area (Å²) in [6.07, 6.45) is 3.69. The predicted molar refractivity (Wildman–Crippen MR) is 80.3 cm³/mol. The van der Waals surface area contributed by atoms with E-state index in [0.29, 0.717) is 34.6 Å². The molecule has 0 saturated heterocycles. The van der Waals surface area contributed by atoms with Crippen molar-refractivity contribution in [3.8, 4) is 17.2 Å². The molecule has 6 heteroatoms. The van der Waals surface area contributed by atoms with Crippen LogP contribution in [0.1, 0.15) is 18.4 Å². The van der Waals surface area contributed by atoms with Crippen molar-refractivity contribution in [3.05, 3.63) is 23.4 Å². The van der Waals surface area contributed by atoms with E-state index in [0.717, 1.165) is 12.8 Å². The Morgan fingerprint density at radius 1 is 1.09 bits per heavy atom. The first kappa shape index (κ1) is 14.4. The van der Waals surface area contributed by atoms with Crippen molar-refractivity contribution >= 4 is 17.9 Å². The van der Waals surface area contributed by atoms with Gasteiger partial charge in [0, 0.05) is 17.5 Å². The summed E-state index contributed by atoms with van der Waals surface area (Å²) in [4.78, 5) is 16.2. The van der Waals surface area contributed by atoms with E-state index in [9.17, 15) is 4.79 Å². The highest BCUT2D eigenvalue weighted by Gasteiger charge is 2.36. The fraction of sp³-hybridized carbons (Fsp3) is 0.375. The maximum atomic E-state index is 11.9. The van der Waals surface area contributed by atoms with E-state index in [1.165, 1.54) is 0 Å². The number of cyclic esters (lactones) is 1. The number of methoxy groups -OCH3 is 3. The van der Waals surface area contributed by atoms with Gasteiger partial charge in [-0.15, -0.1) is 0 Å². The summed E-state index contributed by atoms with van der Waals surface area (Å²) in [6, 6.07) is 3.44. The quantitative estimate of drug-likeness (QED) is 0.617. The molecule has 0 amide bonds. The Bertz CT molecular complexity index is 673. The summed E-state index contributed by atoms with van der Waals surface area (Å²) in [5.41, 5.74) is 0.945. The third-order valence-corrected chi connectivity index (χ3v) is 3.59. The summed E-state index contributed by atoms with van der Waals surface area (Å²) in [7, 11) is 4.65. The predicted octanol–water partition coefficient (Wildman–Crippen LogP) is 2.42. The molecule has 1 aliphatic carbocycles. The first-order valence-corrected chi connectivity index (χ1v) is 6.98. The lowest BCUT2D eigenvalue weighted by molar-refractivity contribution is -0.130. The molecule has 116 valence electrons. The lowest BCUT2D eigenvalue weighted by Gasteiger charge is -2.12. The number of hydrogen-bond donors (Lipinski definition) is 0. The standard InChI is InChI=1S/C16H17NO5/c1-19-12-8-14(21-3)13(20-2)7-10(12)6-11-16(18)22-15(17-11)9-4-5-9/h6-9H,4-5H2,1-3H3/b11-6+. The first-order valence-electron chi connectivity index (χ1n) is 6.98. The van der Waals surface area contributed by atoms with E-state index in [4.69, 9.17) is 18.9 Å². The molecule has 0 spiro atoms. The van der Waals surface area contributed by atoms with Gasteiger partial charge in [-0.3, -0.25) is 0 Å². The number of nitrogens with zero attached hydrogens (tertiary/aromatic N) is 1. The molecule has 0 unspecified atom stereocenters. The minimum Gasteiger partial charge on any atom is -0.496 e. The number of carbonyl (C=O) groups excluding carboxylic acids is 1. The van der Waals surface area contributed by atoms with Crippen LogP contribution in [0.15, 0.2) is 22.8 Å². The molecule has 2 aliphatic rings. The molecule has 0 radical (unpaired) electrons. The van der Waals surface area contributed by atoms with Crippen molar-refractivity contribution < 1.29 is 23.7 Å². The Kier molecular flexibility index (Phi) is 3.75. The van der Waals surface area contributed by atoms with Crippen LogP contribution >= 0.6 is 0 Å². The van der Waals surface area contributed by atoms with E-state index in [1.54, 1.807) is 39.5 Å². The van der Waals surface area contributed by atoms with Crippen LogP contribution in [0.2, 0.25) is 0 Å². The summed E-state index contributed by atoms with van der Waals surface area (Å²) in [6.45, 7) is 0. The molecule has 1 aliphatic heterocycles. The second-order valence-corrected chi connectivity index (χ2v) is 5.09. The molecule has 1 aromatic carbocycles. The fourth-order valence-electron chi connectivity index (χ4n) is 2.24. The fourth-order valence-corrected chi connectivity index (χ4v) is 2.24. The third-order valence-electron chi connectivity index (χ3n) is 3.59. The van der Waals surface area contributed by atoms with Crippen molar-refractivity contribution in [2.24, 2.45) is 10.9 Å². The van der Waals surface area contributed by atoms with Gasteiger partial charge in [0.05, 0.1) is 21.3 Å². The number of rotatable bonds is 5. The first-order chi connectivity index (χ1) is 10.7. The van der Waals surface area contributed by atoms with Gasteiger partial charge in [0.15, 0.2) is 17.2 Å². The highest BCUT2D eigenvalue weighted by atomic mass is 16.6. The van der Waals surface area contributed by atoms with E-state index in [2.05, 4.69) is 4.99 Å². The molecule has 0 aromatic heterocycles. The van der Waals surface area contributed by atoms with Gasteiger partial charge >= 0.3 is 5.97 Å². The molecule has 22 heavy (non-hydrogen) atoms. The van der Waals surface area contributed by atoms with E-state index >= 15 is 0 Å². The van der Waals surface area contributed by atoms with E-state index in [-0.39, 0.29) is 5.70 Å². The Labute approximate surface area is 128 Å². The van der Waals surface area contributed by atoms with Crippen molar-refractivity contribution in [2.75, 3.05) is 21.3 Å². The minimum absolute atomic E-state index is 0.271. The average Bonchev–Trinajstić information content (AvgIpc) is 3.32. The molecular formula is C16H17NO5. The van der Waals surface area contributed by atoms with Gasteiger partial charge in [-0.25, -0.2) is 9.79 Å². The summed E-state index contributed by atoms with van der Waals surface area (Å²) < 4.78 is 21.0. The summed E-state index contributed by atoms with van der Waals surface area (Å²) >= 11 is 0. The normalized spacial score (nSPS) is 19.0. The number of ether oxygens (including phenoxy) is 4. The largest absolute Gasteiger partial charge is 0.496 e. The molecule has 1 fully saturated rings. The number of aliphatic imine (C=N–C) groups is 1. The monoisotopic (exact) mass is 303 g/mol. The Balaban J connectivity index is 2.00. The van der Waals surface area contributed by atoms with Crippen LogP contribution in [0.5, 0.6) is 17.2 Å². The Morgan fingerprint density at radius 2 is 1.73 bits per heavy atom. The zero-order chi connectivity index (χ0) is 15.7. The lowest BCUT2D eigenvalue weighted by Crippen LogP contribution is -2.05. The van der Waals surface area contributed by atoms with E-state index in [1.807, 2.05) is 0 Å². The topological polar surface area (TPSA) is 66.3 Å². The van der Waals surface area contributed by atoms with Crippen LogP contribution in [0, 0.1) is 5.92 Å². The van der Waals surface area contributed by atoms with Gasteiger partial charge in [0.1, 0.15) is 5.75 Å². The van der Waals surface area contributed by atoms with Gasteiger partial charge in [-0.1, -0.05) is 0 Å². The van der Waals surface area contributed by atoms with Crippen LogP contribution in [0.25, 0.3) is 6.08 Å². The molecule has 0 bridgehead atoms. The van der Waals surface area contributed by atoms with Gasteiger partial charge in [0.2, 0.25) is 5.90 Å². The van der Waals surface area contributed by atoms with Gasteiger partial charge in [-0.2, -0.15) is 0 Å². The molecule has 0 N–H and O–H groups in total. The number of carbonyl (C=O) groups is 1. The Morgan fingerprint density at radius 3 is 2.32 bits per heavy atom. The minimum atomic E-state index is -0.432. The number of esters is 1. The van der Waals surface area contributed by atoms with Crippen LogP contribution in [0.3, 0.4) is 0 Å². The SMILES string of the molecule is COc1cc(OC)c(OC)cc1/C=C1/N=C(C2CC2)OC1=O. The van der Waals surface area contributed by atoms with Crippen LogP contribution in [-0.4, -0.2) is 33.2 Å². The van der Waals surface area contributed by atoms with E-state index < -0.39 is 5.97 Å². The third kappa shape index (κ3) is 2.64. The summed E-state index contributed by atoms with van der Waals surface area (Å²) in [5, 5.41) is 0. The van der Waals surface area contributed by atoms with Gasteiger partial charge in [0.25, 0.3) is 0 Å². The molecule has 1 heterocycles. The van der Waals surface area contributed by atoms with Crippen LogP contribution < -0.4 is 14.2 Å².